The predicted molar refractivity (Wildman–Crippen MR) is 107 cm³/mol. The van der Waals surface area contributed by atoms with Gasteiger partial charge in [-0.1, -0.05) is 35.0 Å². The molecule has 0 fully saturated rings. The van der Waals surface area contributed by atoms with E-state index in [-0.39, 0.29) is 34.8 Å². The molecule has 2 aromatic heterocycles. The van der Waals surface area contributed by atoms with E-state index in [1.165, 1.54) is 18.6 Å². The highest BCUT2D eigenvalue weighted by molar-refractivity contribution is 6.31. The Labute approximate surface area is 178 Å². The van der Waals surface area contributed by atoms with Crippen LogP contribution in [0.15, 0.2) is 59.5 Å². The summed E-state index contributed by atoms with van der Waals surface area (Å²) in [5.74, 6) is -4.30. The molecule has 0 radical (unpaired) electrons. The van der Waals surface area contributed by atoms with Crippen molar-refractivity contribution in [3.8, 4) is 22.5 Å². The normalized spacial score (nSPS) is 10.8. The van der Waals surface area contributed by atoms with Crippen LogP contribution in [0.3, 0.4) is 0 Å². The molecule has 31 heavy (non-hydrogen) atoms. The van der Waals surface area contributed by atoms with Crippen LogP contribution in [0.1, 0.15) is 5.56 Å². The van der Waals surface area contributed by atoms with Crippen LogP contribution in [0.25, 0.3) is 22.5 Å². The molecule has 2 aromatic carbocycles. The molecule has 4 rings (SSSR count). The number of hydrogen-bond donors (Lipinski definition) is 1. The molecule has 156 valence electrons. The van der Waals surface area contributed by atoms with Gasteiger partial charge in [0.1, 0.15) is 17.8 Å². The molecule has 0 aliphatic rings. The summed E-state index contributed by atoms with van der Waals surface area (Å²) in [6.07, 6.45) is 2.57. The number of benzene rings is 2. The molecule has 0 saturated carbocycles. The molecule has 0 bridgehead atoms. The molecule has 6 nitrogen and oxygen atoms in total. The van der Waals surface area contributed by atoms with Gasteiger partial charge in [0.25, 0.3) is 0 Å². The van der Waals surface area contributed by atoms with E-state index in [1.54, 1.807) is 24.3 Å². The van der Waals surface area contributed by atoms with E-state index in [0.29, 0.717) is 22.7 Å². The topological polar surface area (TPSA) is 80.9 Å². The lowest BCUT2D eigenvalue weighted by Crippen LogP contribution is -2.14. The highest BCUT2D eigenvalue weighted by Gasteiger charge is 2.25. The molecule has 2 heterocycles. The minimum atomic E-state index is -1.35. The number of aromatic nitrogens is 3. The average Bonchev–Trinajstić information content (AvgIpc) is 3.16. The first-order chi connectivity index (χ1) is 14.9. The molecule has 4 aromatic rings. The fourth-order valence-electron chi connectivity index (χ4n) is 2.93. The van der Waals surface area contributed by atoms with E-state index in [2.05, 4.69) is 20.4 Å². The third-order valence-corrected chi connectivity index (χ3v) is 4.73. The Kier molecular flexibility index (Phi) is 5.68. The Bertz CT molecular complexity index is 1260. The zero-order valence-electron chi connectivity index (χ0n) is 15.6. The Morgan fingerprint density at radius 1 is 1.06 bits per heavy atom. The number of rotatable bonds is 5. The van der Waals surface area contributed by atoms with Crippen LogP contribution in [-0.4, -0.2) is 21.0 Å². The Hall–Kier alpha value is -3.72. The Morgan fingerprint density at radius 3 is 2.58 bits per heavy atom. The summed E-state index contributed by atoms with van der Waals surface area (Å²) < 4.78 is 46.7. The number of halogens is 4. The highest BCUT2D eigenvalue weighted by atomic mass is 35.5. The van der Waals surface area contributed by atoms with Crippen molar-refractivity contribution in [3.05, 3.63) is 83.0 Å². The summed E-state index contributed by atoms with van der Waals surface area (Å²) in [6, 6.07) is 9.33. The van der Waals surface area contributed by atoms with Gasteiger partial charge in [-0.25, -0.2) is 23.1 Å². The van der Waals surface area contributed by atoms with Crippen molar-refractivity contribution in [2.45, 2.75) is 6.42 Å². The average molecular weight is 445 g/mol. The second-order valence-electron chi connectivity index (χ2n) is 6.39. The van der Waals surface area contributed by atoms with Crippen molar-refractivity contribution in [3.63, 3.8) is 0 Å². The van der Waals surface area contributed by atoms with Crippen LogP contribution >= 0.6 is 11.6 Å². The number of anilines is 1. The van der Waals surface area contributed by atoms with Crippen LogP contribution in [0.4, 0.5) is 19.1 Å². The van der Waals surface area contributed by atoms with Gasteiger partial charge in [-0.15, -0.1) is 0 Å². The fraction of sp³-hybridized carbons (Fsp3) is 0.0476. The maximum absolute atomic E-state index is 14.4. The number of nitrogens with one attached hydrogen (secondary N) is 1. The fourth-order valence-corrected chi connectivity index (χ4v) is 3.13. The molecular weight excluding hydrogens is 433 g/mol. The number of hydrogen-bond acceptors (Lipinski definition) is 5. The number of nitrogens with zero attached hydrogens (tertiary/aromatic N) is 3. The van der Waals surface area contributed by atoms with Crippen LogP contribution in [0.5, 0.6) is 0 Å². The molecular formula is C21H12ClF3N4O2. The largest absolute Gasteiger partial charge is 0.337 e. The zero-order chi connectivity index (χ0) is 22.0. The third-order valence-electron chi connectivity index (χ3n) is 4.36. The second-order valence-corrected chi connectivity index (χ2v) is 6.80. The van der Waals surface area contributed by atoms with Crippen molar-refractivity contribution in [1.29, 1.82) is 0 Å². The van der Waals surface area contributed by atoms with Crippen LogP contribution in [-0.2, 0) is 11.2 Å². The first kappa shape index (κ1) is 20.5. The van der Waals surface area contributed by atoms with E-state index in [4.69, 9.17) is 16.1 Å². The summed E-state index contributed by atoms with van der Waals surface area (Å²) in [7, 11) is 0. The highest BCUT2D eigenvalue weighted by Crippen LogP contribution is 2.38. The van der Waals surface area contributed by atoms with Gasteiger partial charge >= 0.3 is 0 Å². The van der Waals surface area contributed by atoms with E-state index in [9.17, 15) is 18.0 Å². The standard InChI is InChI=1S/C21H12ClF3N4O2/c22-13-4-2-1-3-11(13)7-18(30)28-21-19(17-5-6-26-10-27-17)20(29-31-21)12-8-15(24)16(25)9-14(12)23/h1-6,8-10H,7H2,(H,28,30). The first-order valence-corrected chi connectivity index (χ1v) is 9.26. The molecule has 0 unspecified atom stereocenters. The van der Waals surface area contributed by atoms with Crippen LogP contribution < -0.4 is 5.32 Å². The lowest BCUT2D eigenvalue weighted by molar-refractivity contribution is -0.115. The predicted octanol–water partition coefficient (Wildman–Crippen LogP) is 5.05. The molecule has 0 aliphatic heterocycles. The van der Waals surface area contributed by atoms with Crippen LogP contribution in [0, 0.1) is 17.5 Å². The van der Waals surface area contributed by atoms with E-state index in [0.717, 1.165) is 0 Å². The summed E-state index contributed by atoms with van der Waals surface area (Å²) in [5.41, 5.74) is 0.367. The van der Waals surface area contributed by atoms with Crippen molar-refractivity contribution in [1.82, 2.24) is 15.1 Å². The maximum atomic E-state index is 14.4. The summed E-state index contributed by atoms with van der Waals surface area (Å²) in [5, 5.41) is 6.72. The van der Waals surface area contributed by atoms with Gasteiger partial charge in [0.2, 0.25) is 11.8 Å². The van der Waals surface area contributed by atoms with Gasteiger partial charge in [0.15, 0.2) is 11.6 Å². The smallest absolute Gasteiger partial charge is 0.241 e. The summed E-state index contributed by atoms with van der Waals surface area (Å²) in [4.78, 5) is 20.4. The van der Waals surface area contributed by atoms with E-state index in [1.807, 2.05) is 0 Å². The van der Waals surface area contributed by atoms with Gasteiger partial charge in [0.05, 0.1) is 17.7 Å². The lowest BCUT2D eigenvalue weighted by Gasteiger charge is -2.07. The Morgan fingerprint density at radius 2 is 1.84 bits per heavy atom. The SMILES string of the molecule is O=C(Cc1ccccc1Cl)Nc1onc(-c2cc(F)c(F)cc2F)c1-c1ccncn1. The third kappa shape index (κ3) is 4.26. The number of amides is 1. The second kappa shape index (κ2) is 8.57. The van der Waals surface area contributed by atoms with Crippen molar-refractivity contribution < 1.29 is 22.5 Å². The number of carbonyl (C=O) groups is 1. The van der Waals surface area contributed by atoms with Crippen LogP contribution in [0.2, 0.25) is 5.02 Å². The molecule has 0 saturated heterocycles. The molecule has 1 N–H and O–H groups in total. The van der Waals surface area contributed by atoms with Gasteiger partial charge in [-0.05, 0) is 23.8 Å². The maximum Gasteiger partial charge on any atom is 0.241 e. The van der Waals surface area contributed by atoms with E-state index >= 15 is 0 Å². The minimum absolute atomic E-state index is 0.0710. The molecule has 1 amide bonds. The van der Waals surface area contributed by atoms with Gasteiger partial charge in [-0.2, -0.15) is 0 Å². The molecule has 0 atom stereocenters. The van der Waals surface area contributed by atoms with E-state index < -0.39 is 23.4 Å². The van der Waals surface area contributed by atoms with Gasteiger partial charge in [-0.3, -0.25) is 10.1 Å². The molecule has 0 spiro atoms. The first-order valence-electron chi connectivity index (χ1n) is 8.88. The minimum Gasteiger partial charge on any atom is -0.337 e. The zero-order valence-corrected chi connectivity index (χ0v) is 16.3. The van der Waals surface area contributed by atoms with Crippen molar-refractivity contribution >= 4 is 23.4 Å². The quantitative estimate of drug-likeness (QED) is 0.436. The monoisotopic (exact) mass is 444 g/mol. The molecule has 10 heteroatoms. The van der Waals surface area contributed by atoms with Crippen molar-refractivity contribution in [2.24, 2.45) is 0 Å². The number of carbonyl (C=O) groups excluding carboxylic acids is 1. The van der Waals surface area contributed by atoms with Crippen molar-refractivity contribution in [2.75, 3.05) is 5.32 Å². The molecule has 0 aliphatic carbocycles. The Balaban J connectivity index is 1.75. The summed E-state index contributed by atoms with van der Waals surface area (Å²) >= 11 is 6.09. The van der Waals surface area contributed by atoms with Gasteiger partial charge in [0, 0.05) is 22.8 Å². The van der Waals surface area contributed by atoms with Gasteiger partial charge < -0.3 is 4.52 Å². The lowest BCUT2D eigenvalue weighted by atomic mass is 10.0. The summed E-state index contributed by atoms with van der Waals surface area (Å²) in [6.45, 7) is 0.